The summed E-state index contributed by atoms with van der Waals surface area (Å²) in [5, 5.41) is 3.95. The van der Waals surface area contributed by atoms with Crippen molar-refractivity contribution in [2.45, 2.75) is 13.5 Å². The Hall–Kier alpha value is -2.38. The largest absolute Gasteiger partial charge is 0.488 e. The van der Waals surface area contributed by atoms with Gasteiger partial charge in [0.1, 0.15) is 18.1 Å². The summed E-state index contributed by atoms with van der Waals surface area (Å²) < 4.78 is 12.9. The van der Waals surface area contributed by atoms with Gasteiger partial charge in [0, 0.05) is 4.47 Å². The van der Waals surface area contributed by atoms with Gasteiger partial charge in [-0.2, -0.15) is 5.10 Å². The lowest BCUT2D eigenvalue weighted by molar-refractivity contribution is 0.0926. The van der Waals surface area contributed by atoms with Crippen LogP contribution in [0, 0.1) is 6.92 Å². The Morgan fingerprint density at radius 1 is 1.15 bits per heavy atom. The number of hydrogen-bond acceptors (Lipinski definition) is 4. The van der Waals surface area contributed by atoms with Crippen LogP contribution >= 0.6 is 31.9 Å². The van der Waals surface area contributed by atoms with Crippen molar-refractivity contribution in [3.63, 3.8) is 0 Å². The summed E-state index contributed by atoms with van der Waals surface area (Å²) >= 11 is 6.91. The van der Waals surface area contributed by atoms with Gasteiger partial charge < -0.3 is 9.15 Å². The number of furan rings is 1. The van der Waals surface area contributed by atoms with Gasteiger partial charge in [-0.15, -0.1) is 0 Å². The summed E-state index contributed by atoms with van der Waals surface area (Å²) in [6.07, 6.45) is 1.55. The van der Waals surface area contributed by atoms with Crippen LogP contribution in [0.5, 0.6) is 5.75 Å². The lowest BCUT2D eigenvalue weighted by atomic mass is 10.2. The van der Waals surface area contributed by atoms with Crippen molar-refractivity contribution < 1.29 is 13.9 Å². The minimum Gasteiger partial charge on any atom is -0.488 e. The minimum atomic E-state index is -0.395. The van der Waals surface area contributed by atoms with Crippen LogP contribution < -0.4 is 10.2 Å². The molecule has 1 aromatic heterocycles. The third-order valence-electron chi connectivity index (χ3n) is 3.61. The van der Waals surface area contributed by atoms with Gasteiger partial charge in [-0.1, -0.05) is 28.1 Å². The Morgan fingerprint density at radius 3 is 2.59 bits per heavy atom. The van der Waals surface area contributed by atoms with Crippen LogP contribution in [0.2, 0.25) is 0 Å². The molecule has 27 heavy (non-hydrogen) atoms. The van der Waals surface area contributed by atoms with Gasteiger partial charge in [-0.05, 0) is 76.4 Å². The average Bonchev–Trinajstić information content (AvgIpc) is 3.09. The van der Waals surface area contributed by atoms with Gasteiger partial charge in [0.15, 0.2) is 5.76 Å². The van der Waals surface area contributed by atoms with E-state index in [9.17, 15) is 4.79 Å². The molecule has 0 saturated heterocycles. The fraction of sp³-hybridized carbons (Fsp3) is 0.100. The summed E-state index contributed by atoms with van der Waals surface area (Å²) in [5.74, 6) is 1.23. The van der Waals surface area contributed by atoms with Crippen LogP contribution in [0.4, 0.5) is 0 Å². The first kappa shape index (κ1) is 19.4. The number of rotatable bonds is 6. The summed E-state index contributed by atoms with van der Waals surface area (Å²) in [6.45, 7) is 2.25. The monoisotopic (exact) mass is 490 g/mol. The van der Waals surface area contributed by atoms with Crippen molar-refractivity contribution in [2.24, 2.45) is 5.10 Å². The molecular formula is C20H16Br2N2O3. The SMILES string of the molecule is Cc1ccc(C(=O)N/N=C/c2ccc(OCc3ccc(Br)cc3)c(Br)c2)o1. The summed E-state index contributed by atoms with van der Waals surface area (Å²) in [7, 11) is 0. The molecule has 1 heterocycles. The van der Waals surface area contributed by atoms with E-state index in [-0.39, 0.29) is 5.76 Å². The highest BCUT2D eigenvalue weighted by Crippen LogP contribution is 2.26. The first-order valence-corrected chi connectivity index (χ1v) is 9.66. The molecule has 0 aliphatic heterocycles. The van der Waals surface area contributed by atoms with Crippen molar-refractivity contribution >= 4 is 44.0 Å². The predicted octanol–water partition coefficient (Wildman–Crippen LogP) is 5.46. The Kier molecular flexibility index (Phi) is 6.47. The molecule has 0 bridgehead atoms. The molecule has 5 nitrogen and oxygen atoms in total. The maximum absolute atomic E-state index is 11.9. The molecule has 0 spiro atoms. The summed E-state index contributed by atoms with van der Waals surface area (Å²) in [4.78, 5) is 11.9. The molecule has 138 valence electrons. The lowest BCUT2D eigenvalue weighted by Gasteiger charge is -2.09. The Labute approximate surface area is 173 Å². The molecule has 7 heteroatoms. The number of aryl methyl sites for hydroxylation is 1. The molecular weight excluding hydrogens is 476 g/mol. The van der Waals surface area contributed by atoms with E-state index in [4.69, 9.17) is 9.15 Å². The number of nitrogens with zero attached hydrogens (tertiary/aromatic N) is 1. The molecule has 0 aliphatic carbocycles. The van der Waals surface area contributed by atoms with Crippen LogP contribution in [0.15, 0.2) is 73.1 Å². The molecule has 0 fully saturated rings. The molecule has 0 unspecified atom stereocenters. The zero-order valence-corrected chi connectivity index (χ0v) is 17.6. The topological polar surface area (TPSA) is 63.8 Å². The Balaban J connectivity index is 1.57. The quantitative estimate of drug-likeness (QED) is 0.368. The second-order valence-electron chi connectivity index (χ2n) is 5.71. The minimum absolute atomic E-state index is 0.225. The fourth-order valence-electron chi connectivity index (χ4n) is 2.23. The van der Waals surface area contributed by atoms with Crippen molar-refractivity contribution in [1.82, 2.24) is 5.43 Å². The number of hydrazone groups is 1. The highest BCUT2D eigenvalue weighted by molar-refractivity contribution is 9.10. The predicted molar refractivity (Wildman–Crippen MR) is 111 cm³/mol. The molecule has 0 atom stereocenters. The van der Waals surface area contributed by atoms with Crippen LogP contribution in [0.1, 0.15) is 27.4 Å². The number of amides is 1. The van der Waals surface area contributed by atoms with E-state index in [1.165, 1.54) is 0 Å². The number of halogens is 2. The molecule has 3 rings (SSSR count). The zero-order chi connectivity index (χ0) is 19.2. The third kappa shape index (κ3) is 5.55. The number of carbonyl (C=O) groups is 1. The number of hydrogen-bond donors (Lipinski definition) is 1. The fourth-order valence-corrected chi connectivity index (χ4v) is 3.01. The van der Waals surface area contributed by atoms with Gasteiger partial charge in [0.2, 0.25) is 0 Å². The van der Waals surface area contributed by atoms with Crippen molar-refractivity contribution in [3.05, 3.63) is 86.2 Å². The summed E-state index contributed by atoms with van der Waals surface area (Å²) in [5.41, 5.74) is 4.32. The highest BCUT2D eigenvalue weighted by atomic mass is 79.9. The van der Waals surface area contributed by atoms with E-state index in [1.54, 1.807) is 25.3 Å². The van der Waals surface area contributed by atoms with Crippen LogP contribution in [0.3, 0.4) is 0 Å². The zero-order valence-electron chi connectivity index (χ0n) is 14.4. The standard InChI is InChI=1S/C20H16Br2N2O3/c1-13-2-8-19(27-13)20(25)24-23-11-15-5-9-18(17(22)10-15)26-12-14-3-6-16(21)7-4-14/h2-11H,12H2,1H3,(H,24,25)/b23-11+. The molecule has 3 aromatic rings. The first-order chi connectivity index (χ1) is 13.0. The van der Waals surface area contributed by atoms with Gasteiger partial charge in [-0.3, -0.25) is 4.79 Å². The van der Waals surface area contributed by atoms with Gasteiger partial charge >= 0.3 is 5.91 Å². The lowest BCUT2D eigenvalue weighted by Crippen LogP contribution is -2.16. The van der Waals surface area contributed by atoms with E-state index >= 15 is 0 Å². The molecule has 1 N–H and O–H groups in total. The maximum Gasteiger partial charge on any atom is 0.307 e. The van der Waals surface area contributed by atoms with E-state index in [1.807, 2.05) is 42.5 Å². The van der Waals surface area contributed by atoms with Crippen LogP contribution in [-0.2, 0) is 6.61 Å². The molecule has 0 aliphatic rings. The third-order valence-corrected chi connectivity index (χ3v) is 4.76. The van der Waals surface area contributed by atoms with E-state index in [2.05, 4.69) is 42.4 Å². The second-order valence-corrected chi connectivity index (χ2v) is 7.48. The average molecular weight is 492 g/mol. The number of carbonyl (C=O) groups excluding carboxylic acids is 1. The summed E-state index contributed by atoms with van der Waals surface area (Å²) in [6, 6.07) is 16.9. The van der Waals surface area contributed by atoms with Crippen LogP contribution in [-0.4, -0.2) is 12.1 Å². The molecule has 2 aromatic carbocycles. The maximum atomic E-state index is 11.9. The first-order valence-electron chi connectivity index (χ1n) is 8.08. The Bertz CT molecular complexity index is 966. The van der Waals surface area contributed by atoms with Crippen molar-refractivity contribution in [1.29, 1.82) is 0 Å². The molecule has 0 saturated carbocycles. The van der Waals surface area contributed by atoms with E-state index in [0.29, 0.717) is 12.4 Å². The van der Waals surface area contributed by atoms with Crippen molar-refractivity contribution in [3.8, 4) is 5.75 Å². The van der Waals surface area contributed by atoms with Crippen LogP contribution in [0.25, 0.3) is 0 Å². The number of ether oxygens (including phenoxy) is 1. The normalized spacial score (nSPS) is 10.9. The smallest absolute Gasteiger partial charge is 0.307 e. The highest BCUT2D eigenvalue weighted by Gasteiger charge is 2.08. The number of benzene rings is 2. The molecule has 1 amide bonds. The number of nitrogens with one attached hydrogen (secondary N) is 1. The van der Waals surface area contributed by atoms with Gasteiger partial charge in [-0.25, -0.2) is 5.43 Å². The molecule has 0 radical (unpaired) electrons. The van der Waals surface area contributed by atoms with Gasteiger partial charge in [0.05, 0.1) is 10.7 Å². The second kappa shape index (κ2) is 9.01. The van der Waals surface area contributed by atoms with Crippen molar-refractivity contribution in [2.75, 3.05) is 0 Å². The van der Waals surface area contributed by atoms with E-state index in [0.717, 1.165) is 25.8 Å². The Morgan fingerprint density at radius 2 is 1.93 bits per heavy atom. The van der Waals surface area contributed by atoms with Gasteiger partial charge in [0.25, 0.3) is 0 Å². The van der Waals surface area contributed by atoms with E-state index < -0.39 is 5.91 Å².